The summed E-state index contributed by atoms with van der Waals surface area (Å²) in [6.07, 6.45) is 1.01. The first-order valence-electron chi connectivity index (χ1n) is 8.14. The Morgan fingerprint density at radius 1 is 1.04 bits per heavy atom. The molecule has 1 aliphatic rings. The van der Waals surface area contributed by atoms with Crippen LogP contribution in [0.3, 0.4) is 0 Å². The average molecular weight is 313 g/mol. The van der Waals surface area contributed by atoms with Gasteiger partial charge < -0.3 is 14.2 Å². The lowest BCUT2D eigenvalue weighted by Gasteiger charge is -2.20. The number of hydrogen-bond acceptors (Lipinski definition) is 4. The first-order valence-corrected chi connectivity index (χ1v) is 8.14. The number of ether oxygens (including phenoxy) is 3. The van der Waals surface area contributed by atoms with Crippen molar-refractivity contribution in [3.05, 3.63) is 54.1 Å². The first kappa shape index (κ1) is 15.7. The first-order chi connectivity index (χ1) is 11.3. The zero-order chi connectivity index (χ0) is 15.9. The van der Waals surface area contributed by atoms with Crippen LogP contribution in [0, 0.1) is 0 Å². The second-order valence-electron chi connectivity index (χ2n) is 5.57. The van der Waals surface area contributed by atoms with E-state index in [9.17, 15) is 0 Å². The number of rotatable bonds is 8. The summed E-state index contributed by atoms with van der Waals surface area (Å²) in [5.74, 6) is 2.63. The number of hydrogen-bond donors (Lipinski definition) is 0. The molecule has 4 nitrogen and oxygen atoms in total. The van der Waals surface area contributed by atoms with Crippen LogP contribution < -0.4 is 14.2 Å². The molecule has 0 bridgehead atoms. The molecule has 0 saturated heterocycles. The summed E-state index contributed by atoms with van der Waals surface area (Å²) < 4.78 is 16.5. The van der Waals surface area contributed by atoms with Gasteiger partial charge in [-0.05, 0) is 42.8 Å². The van der Waals surface area contributed by atoms with Crippen molar-refractivity contribution in [1.82, 2.24) is 4.90 Å². The van der Waals surface area contributed by atoms with Gasteiger partial charge in [-0.1, -0.05) is 31.2 Å². The van der Waals surface area contributed by atoms with Crippen LogP contribution in [0.4, 0.5) is 0 Å². The molecule has 23 heavy (non-hydrogen) atoms. The zero-order valence-corrected chi connectivity index (χ0v) is 13.5. The molecule has 0 fully saturated rings. The van der Waals surface area contributed by atoms with Gasteiger partial charge in [0.25, 0.3) is 0 Å². The molecule has 2 aromatic rings. The van der Waals surface area contributed by atoms with Crippen LogP contribution in [-0.2, 0) is 6.54 Å². The Kier molecular flexibility index (Phi) is 5.37. The molecule has 0 radical (unpaired) electrons. The maximum atomic E-state index is 5.75. The minimum atomic E-state index is 0.326. The molecule has 0 aliphatic carbocycles. The van der Waals surface area contributed by atoms with Gasteiger partial charge in [0.2, 0.25) is 6.79 Å². The molecule has 1 aliphatic heterocycles. The van der Waals surface area contributed by atoms with Gasteiger partial charge in [-0.3, -0.25) is 4.90 Å². The minimum absolute atomic E-state index is 0.326. The molecule has 0 amide bonds. The molecule has 2 aromatic carbocycles. The normalized spacial score (nSPS) is 12.6. The quantitative estimate of drug-likeness (QED) is 0.695. The molecule has 0 aromatic heterocycles. The summed E-state index contributed by atoms with van der Waals surface area (Å²) in [6, 6.07) is 16.1. The van der Waals surface area contributed by atoms with Crippen molar-refractivity contribution in [2.24, 2.45) is 0 Å². The lowest BCUT2D eigenvalue weighted by Crippen LogP contribution is -2.25. The predicted molar refractivity (Wildman–Crippen MR) is 90.1 cm³/mol. The van der Waals surface area contributed by atoms with Gasteiger partial charge in [0, 0.05) is 13.1 Å². The van der Waals surface area contributed by atoms with E-state index in [1.165, 1.54) is 5.56 Å². The summed E-state index contributed by atoms with van der Waals surface area (Å²) in [6.45, 7) is 6.19. The Bertz CT molecular complexity index is 615. The highest BCUT2D eigenvalue weighted by Crippen LogP contribution is 2.32. The smallest absolute Gasteiger partial charge is 0.231 e. The van der Waals surface area contributed by atoms with E-state index in [-0.39, 0.29) is 0 Å². The molecular formula is C19H23NO3. The van der Waals surface area contributed by atoms with Gasteiger partial charge in [0.1, 0.15) is 5.75 Å². The lowest BCUT2D eigenvalue weighted by molar-refractivity contribution is 0.174. The Morgan fingerprint density at radius 2 is 1.87 bits per heavy atom. The van der Waals surface area contributed by atoms with E-state index in [4.69, 9.17) is 14.2 Å². The van der Waals surface area contributed by atoms with Crippen LogP contribution in [0.2, 0.25) is 0 Å². The van der Waals surface area contributed by atoms with Crippen LogP contribution in [0.25, 0.3) is 0 Å². The zero-order valence-electron chi connectivity index (χ0n) is 13.5. The molecule has 3 rings (SSSR count). The molecular weight excluding hydrogens is 290 g/mol. The fourth-order valence-corrected chi connectivity index (χ4v) is 2.64. The summed E-state index contributed by atoms with van der Waals surface area (Å²) in [7, 11) is 0. The Balaban J connectivity index is 1.44. The third-order valence-electron chi connectivity index (χ3n) is 3.92. The third kappa shape index (κ3) is 4.39. The predicted octanol–water partition coefficient (Wildman–Crippen LogP) is 3.71. The Labute approximate surface area is 137 Å². The largest absolute Gasteiger partial charge is 0.494 e. The van der Waals surface area contributed by atoms with E-state index in [0.717, 1.165) is 49.9 Å². The van der Waals surface area contributed by atoms with Crippen molar-refractivity contribution in [3.8, 4) is 17.2 Å². The third-order valence-corrected chi connectivity index (χ3v) is 3.92. The standard InChI is InChI=1S/C19H23NO3/c1-2-20(11-6-12-21-17-7-4-3-5-8-17)14-16-9-10-18-19(13-16)23-15-22-18/h3-5,7-10,13H,2,6,11-12,14-15H2,1H3. The number of fused-ring (bicyclic) bond motifs is 1. The molecule has 0 unspecified atom stereocenters. The van der Waals surface area contributed by atoms with Crippen molar-refractivity contribution < 1.29 is 14.2 Å². The van der Waals surface area contributed by atoms with Crippen molar-refractivity contribution >= 4 is 0 Å². The van der Waals surface area contributed by atoms with E-state index in [2.05, 4.69) is 24.0 Å². The monoisotopic (exact) mass is 313 g/mol. The molecule has 0 N–H and O–H groups in total. The van der Waals surface area contributed by atoms with E-state index < -0.39 is 0 Å². The second-order valence-corrected chi connectivity index (χ2v) is 5.57. The fourth-order valence-electron chi connectivity index (χ4n) is 2.64. The van der Waals surface area contributed by atoms with E-state index in [0.29, 0.717) is 6.79 Å². The van der Waals surface area contributed by atoms with Crippen LogP contribution in [-0.4, -0.2) is 31.4 Å². The molecule has 0 spiro atoms. The molecule has 1 heterocycles. The van der Waals surface area contributed by atoms with Crippen LogP contribution in [0.5, 0.6) is 17.2 Å². The molecule has 122 valence electrons. The summed E-state index contributed by atoms with van der Waals surface area (Å²) >= 11 is 0. The number of nitrogens with zero attached hydrogens (tertiary/aromatic N) is 1. The van der Waals surface area contributed by atoms with Crippen molar-refractivity contribution in [3.63, 3.8) is 0 Å². The van der Waals surface area contributed by atoms with E-state index in [1.807, 2.05) is 36.4 Å². The van der Waals surface area contributed by atoms with Crippen LogP contribution in [0.1, 0.15) is 18.9 Å². The molecule has 0 saturated carbocycles. The van der Waals surface area contributed by atoms with Gasteiger partial charge in [0.05, 0.1) is 6.61 Å². The second kappa shape index (κ2) is 7.88. The highest BCUT2D eigenvalue weighted by atomic mass is 16.7. The Hall–Kier alpha value is -2.20. The van der Waals surface area contributed by atoms with E-state index >= 15 is 0 Å². The maximum absolute atomic E-state index is 5.75. The number of benzene rings is 2. The van der Waals surface area contributed by atoms with Gasteiger partial charge in [-0.2, -0.15) is 0 Å². The van der Waals surface area contributed by atoms with Crippen LogP contribution in [0.15, 0.2) is 48.5 Å². The van der Waals surface area contributed by atoms with Crippen molar-refractivity contribution in [2.45, 2.75) is 19.9 Å². The topological polar surface area (TPSA) is 30.9 Å². The summed E-state index contributed by atoms with van der Waals surface area (Å²) in [5, 5.41) is 0. The average Bonchev–Trinajstić information content (AvgIpc) is 3.06. The summed E-state index contributed by atoms with van der Waals surface area (Å²) in [4.78, 5) is 2.41. The van der Waals surface area contributed by atoms with Gasteiger partial charge in [-0.15, -0.1) is 0 Å². The highest BCUT2D eigenvalue weighted by Gasteiger charge is 2.14. The molecule has 0 atom stereocenters. The SMILES string of the molecule is CCN(CCCOc1ccccc1)Cc1ccc2c(c1)OCO2. The lowest BCUT2D eigenvalue weighted by atomic mass is 10.2. The van der Waals surface area contributed by atoms with Gasteiger partial charge in [0.15, 0.2) is 11.5 Å². The van der Waals surface area contributed by atoms with Crippen molar-refractivity contribution in [1.29, 1.82) is 0 Å². The molecule has 4 heteroatoms. The minimum Gasteiger partial charge on any atom is -0.494 e. The van der Waals surface area contributed by atoms with E-state index in [1.54, 1.807) is 0 Å². The summed E-state index contributed by atoms with van der Waals surface area (Å²) in [5.41, 5.74) is 1.25. The highest BCUT2D eigenvalue weighted by molar-refractivity contribution is 5.44. The Morgan fingerprint density at radius 3 is 2.70 bits per heavy atom. The van der Waals surface area contributed by atoms with Crippen LogP contribution >= 0.6 is 0 Å². The maximum Gasteiger partial charge on any atom is 0.231 e. The fraction of sp³-hybridized carbons (Fsp3) is 0.368. The van der Waals surface area contributed by atoms with Gasteiger partial charge in [-0.25, -0.2) is 0 Å². The number of para-hydroxylation sites is 1. The van der Waals surface area contributed by atoms with Gasteiger partial charge >= 0.3 is 0 Å². The van der Waals surface area contributed by atoms with Crippen molar-refractivity contribution in [2.75, 3.05) is 26.5 Å².